The van der Waals surface area contributed by atoms with Crippen LogP contribution in [0.25, 0.3) is 28.0 Å². The van der Waals surface area contributed by atoms with E-state index in [1.165, 1.54) is 11.9 Å². The highest BCUT2D eigenvalue weighted by atomic mass is 15.2. The van der Waals surface area contributed by atoms with E-state index in [9.17, 15) is 0 Å². The maximum atomic E-state index is 4.85. The molecule has 0 saturated heterocycles. The minimum absolute atomic E-state index is 0.135. The van der Waals surface area contributed by atoms with Gasteiger partial charge < -0.3 is 10.3 Å². The Morgan fingerprint density at radius 1 is 1.07 bits per heavy atom. The van der Waals surface area contributed by atoms with Crippen LogP contribution in [0.15, 0.2) is 55.2 Å². The van der Waals surface area contributed by atoms with Gasteiger partial charge in [-0.2, -0.15) is 0 Å². The SMILES string of the molecule is Cc1cccc(-n2c([C@H](C)Nc3ncnc4[nH]cnc34)nc3cccnc32)c1. The predicted octanol–water partition coefficient (Wildman–Crippen LogP) is 3.57. The third-order valence-electron chi connectivity index (χ3n) is 4.66. The van der Waals surface area contributed by atoms with Crippen molar-refractivity contribution in [2.24, 2.45) is 0 Å². The normalized spacial score (nSPS) is 12.5. The van der Waals surface area contributed by atoms with Gasteiger partial charge in [0.1, 0.15) is 23.2 Å². The molecule has 0 radical (unpaired) electrons. The van der Waals surface area contributed by atoms with Crippen LogP contribution in [0.2, 0.25) is 0 Å². The number of aryl methyl sites for hydroxylation is 1. The van der Waals surface area contributed by atoms with Gasteiger partial charge in [-0.25, -0.2) is 24.9 Å². The molecule has 8 nitrogen and oxygen atoms in total. The molecule has 0 bridgehead atoms. The molecule has 1 atom stereocenters. The first-order valence-corrected chi connectivity index (χ1v) is 9.02. The summed E-state index contributed by atoms with van der Waals surface area (Å²) in [6, 6.07) is 12.0. The van der Waals surface area contributed by atoms with Gasteiger partial charge in [-0.15, -0.1) is 0 Å². The Morgan fingerprint density at radius 2 is 2.00 bits per heavy atom. The molecule has 5 rings (SSSR count). The molecule has 0 saturated carbocycles. The van der Waals surface area contributed by atoms with E-state index in [-0.39, 0.29) is 6.04 Å². The molecule has 0 amide bonds. The summed E-state index contributed by atoms with van der Waals surface area (Å²) in [5, 5.41) is 3.43. The van der Waals surface area contributed by atoms with Crippen LogP contribution < -0.4 is 5.32 Å². The van der Waals surface area contributed by atoms with Crippen LogP contribution in [-0.4, -0.2) is 34.5 Å². The van der Waals surface area contributed by atoms with Crippen molar-refractivity contribution >= 4 is 28.1 Å². The molecule has 8 heteroatoms. The van der Waals surface area contributed by atoms with E-state index in [1.807, 2.05) is 25.1 Å². The molecule has 0 spiro atoms. The molecule has 0 fully saturated rings. The molecular weight excluding hydrogens is 352 g/mol. The Hall–Kier alpha value is -3.81. The lowest BCUT2D eigenvalue weighted by molar-refractivity contribution is 0.767. The van der Waals surface area contributed by atoms with Crippen molar-refractivity contribution in [3.8, 4) is 5.69 Å². The maximum Gasteiger partial charge on any atom is 0.164 e. The number of aromatic nitrogens is 7. The number of hydrogen-bond donors (Lipinski definition) is 2. The number of hydrogen-bond acceptors (Lipinski definition) is 6. The molecular formula is C20H18N8. The van der Waals surface area contributed by atoms with Crippen molar-refractivity contribution in [1.82, 2.24) is 34.5 Å². The van der Waals surface area contributed by atoms with Gasteiger partial charge in [0.05, 0.1) is 12.4 Å². The lowest BCUT2D eigenvalue weighted by Crippen LogP contribution is -2.14. The number of aromatic amines is 1. The smallest absolute Gasteiger partial charge is 0.164 e. The molecule has 1 aromatic carbocycles. The van der Waals surface area contributed by atoms with Gasteiger partial charge >= 0.3 is 0 Å². The van der Waals surface area contributed by atoms with Gasteiger partial charge in [0, 0.05) is 11.9 Å². The minimum atomic E-state index is -0.135. The first-order chi connectivity index (χ1) is 13.7. The number of nitrogens with one attached hydrogen (secondary N) is 2. The molecule has 2 N–H and O–H groups in total. The van der Waals surface area contributed by atoms with Crippen molar-refractivity contribution in [3.63, 3.8) is 0 Å². The average Bonchev–Trinajstić information content (AvgIpc) is 3.33. The third kappa shape index (κ3) is 2.66. The second kappa shape index (κ2) is 6.41. The lowest BCUT2D eigenvalue weighted by Gasteiger charge is -2.17. The number of fused-ring (bicyclic) bond motifs is 2. The highest BCUT2D eigenvalue weighted by Gasteiger charge is 2.20. The van der Waals surface area contributed by atoms with Crippen molar-refractivity contribution in [1.29, 1.82) is 0 Å². The summed E-state index contributed by atoms with van der Waals surface area (Å²) in [7, 11) is 0. The zero-order chi connectivity index (χ0) is 19.1. The fourth-order valence-corrected chi connectivity index (χ4v) is 3.38. The van der Waals surface area contributed by atoms with E-state index in [0.29, 0.717) is 17.0 Å². The maximum absolute atomic E-state index is 4.85. The molecule has 4 heterocycles. The highest BCUT2D eigenvalue weighted by molar-refractivity contribution is 5.82. The molecule has 4 aromatic heterocycles. The standard InChI is InChI=1S/C20H18N8/c1-12-5-3-6-14(9-12)28-19(27-15-7-4-8-21-20(15)28)13(2)26-18-16-17(23-10-22-16)24-11-25-18/h3-11,13H,1-2H3,(H2,22,23,24,25,26)/t13-/m0/s1. The summed E-state index contributed by atoms with van der Waals surface area (Å²) in [4.78, 5) is 25.3. The van der Waals surface area contributed by atoms with Crippen LogP contribution in [0.1, 0.15) is 24.4 Å². The Kier molecular flexibility index (Phi) is 3.75. The summed E-state index contributed by atoms with van der Waals surface area (Å²) in [6.45, 7) is 4.13. The lowest BCUT2D eigenvalue weighted by atomic mass is 10.2. The Balaban J connectivity index is 1.64. The first kappa shape index (κ1) is 16.4. The van der Waals surface area contributed by atoms with E-state index in [0.717, 1.165) is 22.7 Å². The van der Waals surface area contributed by atoms with Gasteiger partial charge in [0.2, 0.25) is 0 Å². The Labute approximate surface area is 160 Å². The van der Waals surface area contributed by atoms with Crippen molar-refractivity contribution in [2.45, 2.75) is 19.9 Å². The van der Waals surface area contributed by atoms with E-state index in [2.05, 4.69) is 59.9 Å². The Morgan fingerprint density at radius 3 is 2.89 bits per heavy atom. The van der Waals surface area contributed by atoms with Crippen molar-refractivity contribution in [2.75, 3.05) is 5.32 Å². The van der Waals surface area contributed by atoms with Crippen LogP contribution in [0.4, 0.5) is 5.82 Å². The molecule has 0 unspecified atom stereocenters. The molecule has 138 valence electrons. The van der Waals surface area contributed by atoms with Crippen LogP contribution in [0.3, 0.4) is 0 Å². The van der Waals surface area contributed by atoms with E-state index in [4.69, 9.17) is 4.98 Å². The van der Waals surface area contributed by atoms with Gasteiger partial charge in [0.25, 0.3) is 0 Å². The minimum Gasteiger partial charge on any atom is -0.358 e. The Bertz CT molecular complexity index is 1290. The van der Waals surface area contributed by atoms with Crippen molar-refractivity contribution in [3.05, 3.63) is 66.6 Å². The number of imidazole rings is 2. The number of rotatable bonds is 4. The summed E-state index contributed by atoms with van der Waals surface area (Å²) in [5.74, 6) is 1.51. The van der Waals surface area contributed by atoms with Crippen LogP contribution in [0, 0.1) is 6.92 Å². The largest absolute Gasteiger partial charge is 0.358 e. The summed E-state index contributed by atoms with van der Waals surface area (Å²) in [5.41, 5.74) is 5.27. The number of anilines is 1. The fraction of sp³-hybridized carbons (Fsp3) is 0.150. The van der Waals surface area contributed by atoms with Gasteiger partial charge in [-0.1, -0.05) is 12.1 Å². The van der Waals surface area contributed by atoms with Gasteiger partial charge in [-0.3, -0.25) is 4.57 Å². The summed E-state index contributed by atoms with van der Waals surface area (Å²) >= 11 is 0. The highest BCUT2D eigenvalue weighted by Crippen LogP contribution is 2.27. The summed E-state index contributed by atoms with van der Waals surface area (Å²) in [6.07, 6.45) is 4.91. The van der Waals surface area contributed by atoms with E-state index >= 15 is 0 Å². The van der Waals surface area contributed by atoms with Gasteiger partial charge in [-0.05, 0) is 43.7 Å². The molecule has 0 aliphatic carbocycles. The fourth-order valence-electron chi connectivity index (χ4n) is 3.38. The second-order valence-electron chi connectivity index (χ2n) is 6.68. The third-order valence-corrected chi connectivity index (χ3v) is 4.66. The summed E-state index contributed by atoms with van der Waals surface area (Å²) < 4.78 is 2.09. The molecule has 0 aliphatic rings. The zero-order valence-electron chi connectivity index (χ0n) is 15.5. The number of benzene rings is 1. The van der Waals surface area contributed by atoms with Gasteiger partial charge in [0.15, 0.2) is 17.1 Å². The average molecular weight is 370 g/mol. The van der Waals surface area contributed by atoms with Crippen LogP contribution in [-0.2, 0) is 0 Å². The molecule has 28 heavy (non-hydrogen) atoms. The van der Waals surface area contributed by atoms with E-state index in [1.54, 1.807) is 12.5 Å². The number of pyridine rings is 1. The molecule has 5 aromatic rings. The van der Waals surface area contributed by atoms with Crippen LogP contribution in [0.5, 0.6) is 0 Å². The monoisotopic (exact) mass is 370 g/mol. The van der Waals surface area contributed by atoms with Crippen LogP contribution >= 0.6 is 0 Å². The number of H-pyrrole nitrogens is 1. The quantitative estimate of drug-likeness (QED) is 0.502. The van der Waals surface area contributed by atoms with Crippen molar-refractivity contribution < 1.29 is 0 Å². The first-order valence-electron chi connectivity index (χ1n) is 9.02. The second-order valence-corrected chi connectivity index (χ2v) is 6.68. The zero-order valence-corrected chi connectivity index (χ0v) is 15.5. The topological polar surface area (TPSA) is 97.2 Å². The van der Waals surface area contributed by atoms with E-state index < -0.39 is 0 Å². The predicted molar refractivity (Wildman–Crippen MR) is 107 cm³/mol. The number of nitrogens with zero attached hydrogens (tertiary/aromatic N) is 6. The molecule has 0 aliphatic heterocycles.